The highest BCUT2D eigenvalue weighted by molar-refractivity contribution is 6.00. The Hall–Kier alpha value is -3.61. The fraction of sp³-hybridized carbons (Fsp3) is 0.150. The standard InChI is InChI=1S/C20H21N5O2/c1-2-25-14-15(13-22-25)12-21-19(26)16-8-10-18(11-9-16)24-20(27)23-17-6-4-3-5-7-17/h3-11,13-14H,2,12H2,1H3,(H,21,26)(H2,23,24,27). The number of nitrogens with zero attached hydrogens (tertiary/aromatic N) is 2. The van der Waals surface area contributed by atoms with Crippen molar-refractivity contribution in [1.29, 1.82) is 0 Å². The maximum Gasteiger partial charge on any atom is 0.323 e. The van der Waals surface area contributed by atoms with E-state index in [1.807, 2.05) is 36.0 Å². The number of anilines is 2. The van der Waals surface area contributed by atoms with Gasteiger partial charge < -0.3 is 16.0 Å². The van der Waals surface area contributed by atoms with Gasteiger partial charge >= 0.3 is 6.03 Å². The summed E-state index contributed by atoms with van der Waals surface area (Å²) < 4.78 is 1.81. The van der Waals surface area contributed by atoms with Crippen LogP contribution in [0.3, 0.4) is 0 Å². The zero-order valence-corrected chi connectivity index (χ0v) is 15.0. The number of benzene rings is 2. The fourth-order valence-electron chi connectivity index (χ4n) is 2.47. The molecule has 0 spiro atoms. The summed E-state index contributed by atoms with van der Waals surface area (Å²) in [7, 11) is 0. The number of aromatic nitrogens is 2. The Balaban J connectivity index is 1.51. The summed E-state index contributed by atoms with van der Waals surface area (Å²) in [4.78, 5) is 24.2. The van der Waals surface area contributed by atoms with Crippen LogP contribution >= 0.6 is 0 Å². The number of carbonyl (C=O) groups excluding carboxylic acids is 2. The third kappa shape index (κ3) is 5.18. The molecule has 0 aliphatic carbocycles. The molecule has 3 amide bonds. The summed E-state index contributed by atoms with van der Waals surface area (Å²) in [5.41, 5.74) is 2.77. The third-order valence-electron chi connectivity index (χ3n) is 3.90. The predicted octanol–water partition coefficient (Wildman–Crippen LogP) is 3.48. The molecular weight excluding hydrogens is 342 g/mol. The van der Waals surface area contributed by atoms with E-state index >= 15 is 0 Å². The predicted molar refractivity (Wildman–Crippen MR) is 105 cm³/mol. The number of para-hydroxylation sites is 1. The SMILES string of the molecule is CCn1cc(CNC(=O)c2ccc(NC(=O)Nc3ccccc3)cc2)cn1. The van der Waals surface area contributed by atoms with E-state index in [4.69, 9.17) is 0 Å². The minimum atomic E-state index is -0.341. The third-order valence-corrected chi connectivity index (χ3v) is 3.90. The number of urea groups is 1. The van der Waals surface area contributed by atoms with Crippen molar-refractivity contribution in [3.63, 3.8) is 0 Å². The molecule has 7 nitrogen and oxygen atoms in total. The van der Waals surface area contributed by atoms with E-state index in [9.17, 15) is 9.59 Å². The lowest BCUT2D eigenvalue weighted by atomic mass is 10.2. The zero-order chi connectivity index (χ0) is 19.1. The van der Waals surface area contributed by atoms with E-state index < -0.39 is 0 Å². The van der Waals surface area contributed by atoms with Crippen LogP contribution in [-0.2, 0) is 13.1 Å². The lowest BCUT2D eigenvalue weighted by Gasteiger charge is -2.08. The van der Waals surface area contributed by atoms with E-state index in [2.05, 4.69) is 21.0 Å². The van der Waals surface area contributed by atoms with Crippen LogP contribution in [-0.4, -0.2) is 21.7 Å². The molecule has 0 aliphatic heterocycles. The summed E-state index contributed by atoms with van der Waals surface area (Å²) in [5, 5.41) is 12.5. The first-order chi connectivity index (χ1) is 13.1. The Morgan fingerprint density at radius 2 is 1.63 bits per heavy atom. The van der Waals surface area contributed by atoms with Crippen LogP contribution in [0, 0.1) is 0 Å². The average Bonchev–Trinajstić information content (AvgIpc) is 3.15. The molecule has 0 atom stereocenters. The Labute approximate surface area is 157 Å². The fourth-order valence-corrected chi connectivity index (χ4v) is 2.47. The van der Waals surface area contributed by atoms with Gasteiger partial charge in [-0.3, -0.25) is 9.48 Å². The van der Waals surface area contributed by atoms with Gasteiger partial charge in [-0.25, -0.2) is 4.79 Å². The highest BCUT2D eigenvalue weighted by Crippen LogP contribution is 2.11. The topological polar surface area (TPSA) is 88.0 Å². The smallest absolute Gasteiger partial charge is 0.323 e. The van der Waals surface area contributed by atoms with Gasteiger partial charge in [0, 0.05) is 41.8 Å². The Morgan fingerprint density at radius 3 is 2.26 bits per heavy atom. The van der Waals surface area contributed by atoms with Gasteiger partial charge in [-0.15, -0.1) is 0 Å². The molecule has 0 saturated heterocycles. The number of amides is 3. The van der Waals surface area contributed by atoms with Crippen molar-refractivity contribution in [3.8, 4) is 0 Å². The first kappa shape index (κ1) is 18.2. The van der Waals surface area contributed by atoms with Crippen LogP contribution in [0.25, 0.3) is 0 Å². The van der Waals surface area contributed by atoms with Crippen molar-refractivity contribution in [3.05, 3.63) is 78.1 Å². The van der Waals surface area contributed by atoms with E-state index in [0.717, 1.165) is 12.1 Å². The molecule has 1 heterocycles. The molecule has 3 aromatic rings. The molecule has 7 heteroatoms. The number of carbonyl (C=O) groups is 2. The van der Waals surface area contributed by atoms with Gasteiger partial charge in [0.25, 0.3) is 5.91 Å². The number of hydrogen-bond donors (Lipinski definition) is 3. The van der Waals surface area contributed by atoms with Gasteiger partial charge in [0.2, 0.25) is 0 Å². The first-order valence-electron chi connectivity index (χ1n) is 8.66. The monoisotopic (exact) mass is 363 g/mol. The quantitative estimate of drug-likeness (QED) is 0.626. The van der Waals surface area contributed by atoms with Crippen molar-refractivity contribution in [2.45, 2.75) is 20.0 Å². The Kier molecular flexibility index (Phi) is 5.84. The minimum Gasteiger partial charge on any atom is -0.348 e. The lowest BCUT2D eigenvalue weighted by molar-refractivity contribution is 0.0951. The van der Waals surface area contributed by atoms with Gasteiger partial charge in [-0.2, -0.15) is 5.10 Å². The van der Waals surface area contributed by atoms with E-state index in [-0.39, 0.29) is 11.9 Å². The second-order valence-corrected chi connectivity index (χ2v) is 5.91. The van der Waals surface area contributed by atoms with Crippen LogP contribution in [0.4, 0.5) is 16.2 Å². The van der Waals surface area contributed by atoms with Gasteiger partial charge in [0.15, 0.2) is 0 Å². The van der Waals surface area contributed by atoms with Crippen LogP contribution in [0.15, 0.2) is 67.0 Å². The summed E-state index contributed by atoms with van der Waals surface area (Å²) in [6.45, 7) is 3.21. The molecule has 2 aromatic carbocycles. The second-order valence-electron chi connectivity index (χ2n) is 5.91. The minimum absolute atomic E-state index is 0.181. The number of nitrogens with one attached hydrogen (secondary N) is 3. The molecule has 1 aromatic heterocycles. The molecule has 0 bridgehead atoms. The zero-order valence-electron chi connectivity index (χ0n) is 15.0. The molecule has 3 N–H and O–H groups in total. The molecule has 0 aliphatic rings. The van der Waals surface area contributed by atoms with E-state index in [1.54, 1.807) is 42.6 Å². The van der Waals surface area contributed by atoms with Crippen molar-refractivity contribution < 1.29 is 9.59 Å². The highest BCUT2D eigenvalue weighted by Gasteiger charge is 2.07. The molecule has 138 valence electrons. The normalized spacial score (nSPS) is 10.3. The molecule has 3 rings (SSSR count). The number of rotatable bonds is 6. The van der Waals surface area contributed by atoms with Crippen LogP contribution in [0.5, 0.6) is 0 Å². The molecular formula is C20H21N5O2. The maximum absolute atomic E-state index is 12.2. The summed E-state index contributed by atoms with van der Waals surface area (Å²) in [5.74, 6) is -0.181. The van der Waals surface area contributed by atoms with Crippen LogP contribution < -0.4 is 16.0 Å². The van der Waals surface area contributed by atoms with Gasteiger partial charge in [-0.1, -0.05) is 18.2 Å². The Bertz CT molecular complexity index is 904. The van der Waals surface area contributed by atoms with E-state index in [0.29, 0.717) is 23.5 Å². The van der Waals surface area contributed by atoms with Crippen molar-refractivity contribution in [2.24, 2.45) is 0 Å². The molecule has 27 heavy (non-hydrogen) atoms. The second kappa shape index (κ2) is 8.66. The summed E-state index contributed by atoms with van der Waals surface area (Å²) in [6, 6.07) is 15.5. The summed E-state index contributed by atoms with van der Waals surface area (Å²) >= 11 is 0. The van der Waals surface area contributed by atoms with Gasteiger partial charge in [0.05, 0.1) is 6.20 Å². The highest BCUT2D eigenvalue weighted by atomic mass is 16.2. The first-order valence-corrected chi connectivity index (χ1v) is 8.66. The largest absolute Gasteiger partial charge is 0.348 e. The van der Waals surface area contributed by atoms with E-state index in [1.165, 1.54) is 0 Å². The van der Waals surface area contributed by atoms with Crippen LogP contribution in [0.2, 0.25) is 0 Å². The van der Waals surface area contributed by atoms with Crippen molar-refractivity contribution >= 4 is 23.3 Å². The molecule has 0 fully saturated rings. The molecule has 0 saturated carbocycles. The molecule has 0 unspecified atom stereocenters. The van der Waals surface area contributed by atoms with Gasteiger partial charge in [-0.05, 0) is 43.3 Å². The number of hydrogen-bond acceptors (Lipinski definition) is 3. The Morgan fingerprint density at radius 1 is 0.963 bits per heavy atom. The van der Waals surface area contributed by atoms with Crippen LogP contribution in [0.1, 0.15) is 22.8 Å². The van der Waals surface area contributed by atoms with Crippen molar-refractivity contribution in [1.82, 2.24) is 15.1 Å². The number of aryl methyl sites for hydroxylation is 1. The van der Waals surface area contributed by atoms with Gasteiger partial charge in [0.1, 0.15) is 0 Å². The van der Waals surface area contributed by atoms with Crippen molar-refractivity contribution in [2.75, 3.05) is 10.6 Å². The summed E-state index contributed by atoms with van der Waals surface area (Å²) in [6.07, 6.45) is 3.64. The lowest BCUT2D eigenvalue weighted by Crippen LogP contribution is -2.23. The maximum atomic E-state index is 12.2. The average molecular weight is 363 g/mol. The molecule has 0 radical (unpaired) electrons.